The van der Waals surface area contributed by atoms with Crippen molar-refractivity contribution in [2.45, 2.75) is 6.92 Å². The summed E-state index contributed by atoms with van der Waals surface area (Å²) in [5.74, 6) is -0.144. The first-order valence-corrected chi connectivity index (χ1v) is 6.53. The molecule has 0 aliphatic rings. The third kappa shape index (κ3) is 4.14. The van der Waals surface area contributed by atoms with Crippen LogP contribution in [0, 0.1) is 5.92 Å². The second-order valence-corrected chi connectivity index (χ2v) is 4.69. The average molecular weight is 257 g/mol. The molecule has 0 bridgehead atoms. The minimum Gasteiger partial charge on any atom is -0.478 e. The van der Waals surface area contributed by atoms with Crippen LogP contribution in [-0.4, -0.2) is 35.5 Å². The number of hydrogen-bond acceptors (Lipinski definition) is 4. The predicted molar refractivity (Wildman–Crippen MR) is 65.5 cm³/mol. The van der Waals surface area contributed by atoms with E-state index in [1.165, 1.54) is 6.07 Å². The van der Waals surface area contributed by atoms with Gasteiger partial charge in [-0.2, -0.15) is 11.8 Å². The second kappa shape index (κ2) is 6.34. The monoisotopic (exact) mass is 257 g/mol. The van der Waals surface area contributed by atoms with Crippen molar-refractivity contribution in [3.05, 3.63) is 23.7 Å². The number of amides is 1. The smallest absolute Gasteiger partial charge is 0.338 e. The molecule has 0 saturated heterocycles. The number of rotatable bonds is 6. The zero-order valence-corrected chi connectivity index (χ0v) is 10.5. The Balaban J connectivity index is 2.49. The highest BCUT2D eigenvalue weighted by atomic mass is 32.2. The van der Waals surface area contributed by atoms with Crippen LogP contribution in [0.3, 0.4) is 0 Å². The van der Waals surface area contributed by atoms with E-state index >= 15 is 0 Å². The molecule has 0 aliphatic carbocycles. The van der Waals surface area contributed by atoms with E-state index in [-0.39, 0.29) is 17.2 Å². The predicted octanol–water partition coefficient (Wildman–Crippen LogP) is 1.71. The van der Waals surface area contributed by atoms with Crippen LogP contribution >= 0.6 is 11.8 Å². The summed E-state index contributed by atoms with van der Waals surface area (Å²) < 4.78 is 4.88. The third-order valence-electron chi connectivity index (χ3n) is 2.13. The number of furan rings is 1. The zero-order chi connectivity index (χ0) is 12.8. The molecule has 0 fully saturated rings. The van der Waals surface area contributed by atoms with Crippen molar-refractivity contribution < 1.29 is 19.1 Å². The van der Waals surface area contributed by atoms with E-state index < -0.39 is 5.97 Å². The van der Waals surface area contributed by atoms with Crippen LogP contribution in [0.4, 0.5) is 0 Å². The van der Waals surface area contributed by atoms with Crippen molar-refractivity contribution in [3.8, 4) is 0 Å². The summed E-state index contributed by atoms with van der Waals surface area (Å²) in [5, 5.41) is 11.4. The molecule has 0 radical (unpaired) electrons. The number of thioether (sulfide) groups is 1. The SMILES string of the molecule is CSCC(C)CNC(=O)c1cc(C(=O)O)co1. The first kappa shape index (κ1) is 13.6. The van der Waals surface area contributed by atoms with Gasteiger partial charge in [0.1, 0.15) is 6.26 Å². The Labute approximate surface area is 104 Å². The summed E-state index contributed by atoms with van der Waals surface area (Å²) in [6.07, 6.45) is 3.06. The maximum atomic E-state index is 11.6. The van der Waals surface area contributed by atoms with Crippen molar-refractivity contribution in [3.63, 3.8) is 0 Å². The van der Waals surface area contributed by atoms with Crippen molar-refractivity contribution in [1.82, 2.24) is 5.32 Å². The summed E-state index contributed by atoms with van der Waals surface area (Å²) in [6.45, 7) is 2.57. The van der Waals surface area contributed by atoms with Gasteiger partial charge in [-0.15, -0.1) is 0 Å². The van der Waals surface area contributed by atoms with Gasteiger partial charge in [0.25, 0.3) is 5.91 Å². The molecular formula is C11H15NO4S. The Bertz CT molecular complexity index is 402. The summed E-state index contributed by atoms with van der Waals surface area (Å²) >= 11 is 1.71. The number of nitrogens with one attached hydrogen (secondary N) is 1. The average Bonchev–Trinajstić information content (AvgIpc) is 2.75. The molecule has 1 heterocycles. The highest BCUT2D eigenvalue weighted by molar-refractivity contribution is 7.98. The van der Waals surface area contributed by atoms with E-state index in [1.807, 2.05) is 13.2 Å². The fourth-order valence-electron chi connectivity index (χ4n) is 1.26. The van der Waals surface area contributed by atoms with Crippen molar-refractivity contribution in [2.24, 2.45) is 5.92 Å². The Kier molecular flexibility index (Phi) is 5.09. The van der Waals surface area contributed by atoms with Gasteiger partial charge in [-0.05, 0) is 17.9 Å². The minimum atomic E-state index is -1.11. The van der Waals surface area contributed by atoms with Gasteiger partial charge < -0.3 is 14.8 Å². The highest BCUT2D eigenvalue weighted by Crippen LogP contribution is 2.08. The molecule has 1 amide bonds. The van der Waals surface area contributed by atoms with Gasteiger partial charge in [0.2, 0.25) is 0 Å². The van der Waals surface area contributed by atoms with Crippen molar-refractivity contribution in [1.29, 1.82) is 0 Å². The molecule has 1 unspecified atom stereocenters. The quantitative estimate of drug-likeness (QED) is 0.811. The van der Waals surface area contributed by atoms with E-state index in [1.54, 1.807) is 11.8 Å². The number of aromatic carboxylic acids is 1. The molecule has 1 aromatic rings. The topological polar surface area (TPSA) is 79.5 Å². The van der Waals surface area contributed by atoms with E-state index in [2.05, 4.69) is 5.32 Å². The molecule has 0 aromatic carbocycles. The number of hydrogen-bond donors (Lipinski definition) is 2. The van der Waals surface area contributed by atoms with Gasteiger partial charge in [-0.3, -0.25) is 4.79 Å². The zero-order valence-electron chi connectivity index (χ0n) is 9.73. The molecular weight excluding hydrogens is 242 g/mol. The lowest BCUT2D eigenvalue weighted by Gasteiger charge is -2.09. The van der Waals surface area contributed by atoms with E-state index in [0.717, 1.165) is 12.0 Å². The first-order chi connectivity index (χ1) is 8.04. The summed E-state index contributed by atoms with van der Waals surface area (Å²) in [5.41, 5.74) is -0.0210. The molecule has 1 rings (SSSR count). The highest BCUT2D eigenvalue weighted by Gasteiger charge is 2.14. The Morgan fingerprint density at radius 2 is 2.29 bits per heavy atom. The van der Waals surface area contributed by atoms with Crippen LogP contribution < -0.4 is 5.32 Å². The third-order valence-corrected chi connectivity index (χ3v) is 3.03. The van der Waals surface area contributed by atoms with Gasteiger partial charge in [-0.1, -0.05) is 6.92 Å². The van der Waals surface area contributed by atoms with Crippen LogP contribution in [0.15, 0.2) is 16.7 Å². The lowest BCUT2D eigenvalue weighted by atomic mass is 10.2. The normalized spacial score (nSPS) is 12.1. The molecule has 1 atom stereocenters. The number of carbonyl (C=O) groups excluding carboxylic acids is 1. The maximum Gasteiger partial charge on any atom is 0.338 e. The molecule has 5 nitrogen and oxygen atoms in total. The molecule has 6 heteroatoms. The van der Waals surface area contributed by atoms with Crippen LogP contribution in [0.1, 0.15) is 27.8 Å². The van der Waals surface area contributed by atoms with Gasteiger partial charge >= 0.3 is 5.97 Å². The molecule has 0 spiro atoms. The lowest BCUT2D eigenvalue weighted by Crippen LogP contribution is -2.28. The standard InChI is InChI=1S/C11H15NO4S/c1-7(6-17-2)4-12-10(13)9-3-8(5-16-9)11(14)15/h3,5,7H,4,6H2,1-2H3,(H,12,13)(H,14,15). The Hall–Kier alpha value is -1.43. The number of carboxylic acid groups (broad SMARTS) is 1. The molecule has 94 valence electrons. The van der Waals surface area contributed by atoms with Crippen molar-refractivity contribution >= 4 is 23.6 Å². The maximum absolute atomic E-state index is 11.6. The number of carbonyl (C=O) groups is 2. The van der Waals surface area contributed by atoms with Gasteiger partial charge in [-0.25, -0.2) is 4.79 Å². The van der Waals surface area contributed by atoms with Gasteiger partial charge in [0.15, 0.2) is 5.76 Å². The fourth-order valence-corrected chi connectivity index (χ4v) is 1.95. The summed E-state index contributed by atoms with van der Waals surface area (Å²) in [6, 6.07) is 1.22. The minimum absolute atomic E-state index is 0.0210. The molecule has 2 N–H and O–H groups in total. The summed E-state index contributed by atoms with van der Waals surface area (Å²) in [7, 11) is 0. The Morgan fingerprint density at radius 3 is 2.82 bits per heavy atom. The Morgan fingerprint density at radius 1 is 1.59 bits per heavy atom. The fraction of sp³-hybridized carbons (Fsp3) is 0.455. The van der Waals surface area contributed by atoms with E-state index in [9.17, 15) is 9.59 Å². The van der Waals surface area contributed by atoms with Crippen LogP contribution in [0.25, 0.3) is 0 Å². The molecule has 0 saturated carbocycles. The van der Waals surface area contributed by atoms with E-state index in [0.29, 0.717) is 12.5 Å². The summed E-state index contributed by atoms with van der Waals surface area (Å²) in [4.78, 5) is 22.2. The van der Waals surface area contributed by atoms with Gasteiger partial charge in [0, 0.05) is 12.6 Å². The molecule has 17 heavy (non-hydrogen) atoms. The lowest BCUT2D eigenvalue weighted by molar-refractivity contribution is 0.0696. The van der Waals surface area contributed by atoms with Crippen LogP contribution in [0.5, 0.6) is 0 Å². The first-order valence-electron chi connectivity index (χ1n) is 5.13. The largest absolute Gasteiger partial charge is 0.478 e. The van der Waals surface area contributed by atoms with Crippen LogP contribution in [0.2, 0.25) is 0 Å². The second-order valence-electron chi connectivity index (χ2n) is 3.78. The number of carboxylic acids is 1. The van der Waals surface area contributed by atoms with E-state index in [4.69, 9.17) is 9.52 Å². The molecule has 0 aliphatic heterocycles. The van der Waals surface area contributed by atoms with Gasteiger partial charge in [0.05, 0.1) is 5.56 Å². The van der Waals surface area contributed by atoms with Crippen molar-refractivity contribution in [2.75, 3.05) is 18.6 Å². The van der Waals surface area contributed by atoms with Crippen LogP contribution in [-0.2, 0) is 0 Å². The molecule has 1 aromatic heterocycles.